The van der Waals surface area contributed by atoms with Crippen LogP contribution in [0.3, 0.4) is 0 Å². The SMILES string of the molecule is Cc1cc(F)c(C(F)F)c2c(=O)[nH]c(=O)[nH]c12. The number of H-pyrrole nitrogens is 2. The zero-order valence-electron chi connectivity index (χ0n) is 8.61. The first-order valence-corrected chi connectivity index (χ1v) is 4.65. The van der Waals surface area contributed by atoms with Gasteiger partial charge in [-0.05, 0) is 18.6 Å². The molecule has 2 aromatic rings. The smallest absolute Gasteiger partial charge is 0.307 e. The highest BCUT2D eigenvalue weighted by atomic mass is 19.3. The van der Waals surface area contributed by atoms with Gasteiger partial charge in [0.1, 0.15) is 5.82 Å². The van der Waals surface area contributed by atoms with Crippen molar-refractivity contribution in [2.75, 3.05) is 0 Å². The van der Waals surface area contributed by atoms with Crippen LogP contribution >= 0.6 is 0 Å². The van der Waals surface area contributed by atoms with Crippen LogP contribution in [-0.4, -0.2) is 9.97 Å². The molecule has 0 bridgehead atoms. The largest absolute Gasteiger partial charge is 0.326 e. The van der Waals surface area contributed by atoms with E-state index >= 15 is 0 Å². The van der Waals surface area contributed by atoms with Gasteiger partial charge in [-0.3, -0.25) is 9.78 Å². The molecule has 2 N–H and O–H groups in total. The second kappa shape index (κ2) is 3.76. The third-order valence-electron chi connectivity index (χ3n) is 2.43. The van der Waals surface area contributed by atoms with E-state index in [-0.39, 0.29) is 11.1 Å². The van der Waals surface area contributed by atoms with Crippen LogP contribution in [0, 0.1) is 12.7 Å². The number of hydrogen-bond acceptors (Lipinski definition) is 2. The molecule has 0 unspecified atom stereocenters. The molecule has 0 amide bonds. The minimum absolute atomic E-state index is 0.0737. The summed E-state index contributed by atoms with van der Waals surface area (Å²) in [6, 6.07) is 0.860. The van der Waals surface area contributed by atoms with Gasteiger partial charge < -0.3 is 4.98 Å². The average Bonchev–Trinajstić information content (AvgIpc) is 2.19. The van der Waals surface area contributed by atoms with Crippen LogP contribution < -0.4 is 11.2 Å². The first kappa shape index (κ1) is 11.4. The van der Waals surface area contributed by atoms with Crippen LogP contribution in [0.15, 0.2) is 15.7 Å². The second-order valence-electron chi connectivity index (χ2n) is 3.55. The number of benzene rings is 1. The maximum atomic E-state index is 13.4. The number of alkyl halides is 2. The monoisotopic (exact) mass is 244 g/mol. The van der Waals surface area contributed by atoms with Crippen molar-refractivity contribution < 1.29 is 13.2 Å². The number of aromatic amines is 2. The van der Waals surface area contributed by atoms with E-state index in [1.54, 1.807) is 4.98 Å². The van der Waals surface area contributed by atoms with Crippen LogP contribution in [0.2, 0.25) is 0 Å². The minimum atomic E-state index is -3.13. The summed E-state index contributed by atoms with van der Waals surface area (Å²) in [5, 5.41) is -0.517. The highest BCUT2D eigenvalue weighted by molar-refractivity contribution is 5.84. The lowest BCUT2D eigenvalue weighted by Crippen LogP contribution is -2.23. The summed E-state index contributed by atoms with van der Waals surface area (Å²) in [5.41, 5.74) is -2.71. The van der Waals surface area contributed by atoms with Gasteiger partial charge in [0.15, 0.2) is 0 Å². The summed E-state index contributed by atoms with van der Waals surface area (Å²) in [6.45, 7) is 1.41. The molecule has 0 fully saturated rings. The molecule has 4 nitrogen and oxygen atoms in total. The Morgan fingerprint density at radius 2 is 1.88 bits per heavy atom. The van der Waals surface area contributed by atoms with E-state index in [2.05, 4.69) is 4.98 Å². The van der Waals surface area contributed by atoms with Gasteiger partial charge in [0, 0.05) is 0 Å². The van der Waals surface area contributed by atoms with Crippen LogP contribution in [0.25, 0.3) is 10.9 Å². The Balaban J connectivity index is 3.11. The molecule has 17 heavy (non-hydrogen) atoms. The molecule has 0 aliphatic carbocycles. The number of aromatic nitrogens is 2. The third kappa shape index (κ3) is 1.73. The van der Waals surface area contributed by atoms with Gasteiger partial charge in [-0.15, -0.1) is 0 Å². The number of rotatable bonds is 1. The number of halogens is 3. The lowest BCUT2D eigenvalue weighted by atomic mass is 10.1. The van der Waals surface area contributed by atoms with Gasteiger partial charge in [-0.2, -0.15) is 0 Å². The fourth-order valence-corrected chi connectivity index (χ4v) is 1.71. The quantitative estimate of drug-likeness (QED) is 0.800. The molecule has 0 spiro atoms. The number of fused-ring (bicyclic) bond motifs is 1. The second-order valence-corrected chi connectivity index (χ2v) is 3.55. The van der Waals surface area contributed by atoms with Crippen molar-refractivity contribution in [3.05, 3.63) is 43.8 Å². The van der Waals surface area contributed by atoms with E-state index in [9.17, 15) is 22.8 Å². The summed E-state index contributed by atoms with van der Waals surface area (Å²) in [5.74, 6) is -1.16. The van der Waals surface area contributed by atoms with Crippen molar-refractivity contribution in [3.63, 3.8) is 0 Å². The van der Waals surface area contributed by atoms with Crippen LogP contribution in [0.1, 0.15) is 17.6 Å². The Morgan fingerprint density at radius 1 is 1.24 bits per heavy atom. The molecule has 2 rings (SSSR count). The molecule has 0 atom stereocenters. The van der Waals surface area contributed by atoms with E-state index in [0.29, 0.717) is 0 Å². The normalized spacial score (nSPS) is 11.4. The molecular weight excluding hydrogens is 237 g/mol. The third-order valence-corrected chi connectivity index (χ3v) is 2.43. The predicted molar refractivity (Wildman–Crippen MR) is 54.8 cm³/mol. The predicted octanol–water partition coefficient (Wildman–Crippen LogP) is 1.60. The van der Waals surface area contributed by atoms with Crippen LogP contribution in [-0.2, 0) is 0 Å². The van der Waals surface area contributed by atoms with E-state index in [4.69, 9.17) is 0 Å². The average molecular weight is 244 g/mol. The zero-order valence-corrected chi connectivity index (χ0v) is 8.61. The molecule has 0 radical (unpaired) electrons. The Kier molecular flexibility index (Phi) is 2.53. The van der Waals surface area contributed by atoms with Crippen molar-refractivity contribution in [2.24, 2.45) is 0 Å². The van der Waals surface area contributed by atoms with Gasteiger partial charge in [0.2, 0.25) is 0 Å². The Morgan fingerprint density at radius 3 is 2.47 bits per heavy atom. The lowest BCUT2D eigenvalue weighted by molar-refractivity contribution is 0.148. The molecule has 1 heterocycles. The van der Waals surface area contributed by atoms with Crippen molar-refractivity contribution >= 4 is 10.9 Å². The zero-order chi connectivity index (χ0) is 12.7. The molecular formula is C10H7F3N2O2. The Bertz CT molecular complexity index is 703. The Labute approximate surface area is 92.1 Å². The molecule has 0 saturated carbocycles. The number of aryl methyl sites for hydroxylation is 1. The molecule has 7 heteroatoms. The molecule has 0 aliphatic rings. The topological polar surface area (TPSA) is 65.7 Å². The lowest BCUT2D eigenvalue weighted by Gasteiger charge is -2.08. The summed E-state index contributed by atoms with van der Waals surface area (Å²) < 4.78 is 38.8. The van der Waals surface area contributed by atoms with Gasteiger partial charge >= 0.3 is 5.69 Å². The first-order chi connectivity index (χ1) is 7.91. The molecule has 90 valence electrons. The summed E-state index contributed by atoms with van der Waals surface area (Å²) in [6.07, 6.45) is -3.13. The minimum Gasteiger partial charge on any atom is -0.307 e. The summed E-state index contributed by atoms with van der Waals surface area (Å²) >= 11 is 0. The molecule has 1 aromatic carbocycles. The van der Waals surface area contributed by atoms with Gasteiger partial charge in [-0.25, -0.2) is 18.0 Å². The molecule has 1 aromatic heterocycles. The fraction of sp³-hybridized carbons (Fsp3) is 0.200. The van der Waals surface area contributed by atoms with E-state index in [1.807, 2.05) is 0 Å². The van der Waals surface area contributed by atoms with Crippen molar-refractivity contribution in [1.29, 1.82) is 0 Å². The molecule has 0 aliphatic heterocycles. The van der Waals surface area contributed by atoms with Gasteiger partial charge in [-0.1, -0.05) is 0 Å². The molecule has 0 saturated heterocycles. The van der Waals surface area contributed by atoms with Crippen LogP contribution in [0.5, 0.6) is 0 Å². The van der Waals surface area contributed by atoms with Gasteiger partial charge in [0.05, 0.1) is 16.5 Å². The van der Waals surface area contributed by atoms with Crippen molar-refractivity contribution in [2.45, 2.75) is 13.3 Å². The van der Waals surface area contributed by atoms with E-state index in [0.717, 1.165) is 6.07 Å². The number of hydrogen-bond donors (Lipinski definition) is 2. The standard InChI is InChI=1S/C10H7F3N2O2/c1-3-2-4(11)5(8(12)13)6-7(3)14-10(17)15-9(6)16/h2,8H,1H3,(H2,14,15,16,17). The first-order valence-electron chi connectivity index (χ1n) is 4.65. The highest BCUT2D eigenvalue weighted by Crippen LogP contribution is 2.28. The van der Waals surface area contributed by atoms with Crippen LogP contribution in [0.4, 0.5) is 13.2 Å². The maximum Gasteiger partial charge on any atom is 0.326 e. The summed E-state index contributed by atoms with van der Waals surface area (Å²) in [7, 11) is 0. The fourth-order valence-electron chi connectivity index (χ4n) is 1.71. The Hall–Kier alpha value is -2.05. The number of nitrogens with one attached hydrogen (secondary N) is 2. The van der Waals surface area contributed by atoms with Crippen molar-refractivity contribution in [3.8, 4) is 0 Å². The van der Waals surface area contributed by atoms with E-state index < -0.39 is 34.4 Å². The highest BCUT2D eigenvalue weighted by Gasteiger charge is 2.21. The van der Waals surface area contributed by atoms with Crippen molar-refractivity contribution in [1.82, 2.24) is 9.97 Å². The maximum absolute atomic E-state index is 13.4. The van der Waals surface area contributed by atoms with E-state index in [1.165, 1.54) is 6.92 Å². The van der Waals surface area contributed by atoms with Gasteiger partial charge in [0.25, 0.3) is 12.0 Å². The summed E-state index contributed by atoms with van der Waals surface area (Å²) in [4.78, 5) is 26.5.